The van der Waals surface area contributed by atoms with Gasteiger partial charge < -0.3 is 14.6 Å². The quantitative estimate of drug-likeness (QED) is 0.820. The Hall–Kier alpha value is -1.16. The van der Waals surface area contributed by atoms with Gasteiger partial charge in [-0.05, 0) is 32.9 Å². The van der Waals surface area contributed by atoms with E-state index < -0.39 is 13.0 Å². The molecule has 5 nitrogen and oxygen atoms in total. The summed E-state index contributed by atoms with van der Waals surface area (Å²) in [6.45, 7) is 5.61. The minimum atomic E-state index is -3.03. The van der Waals surface area contributed by atoms with Gasteiger partial charge in [0.25, 0.3) is 5.91 Å². The first kappa shape index (κ1) is 16.9. The first-order chi connectivity index (χ1) is 9.26. The minimum Gasteiger partial charge on any atom is -0.366 e. The van der Waals surface area contributed by atoms with E-state index in [0.29, 0.717) is 5.56 Å². The zero-order valence-electron chi connectivity index (χ0n) is 12.4. The summed E-state index contributed by atoms with van der Waals surface area (Å²) < 4.78 is 22.9. The van der Waals surface area contributed by atoms with Crippen LogP contribution in [0.3, 0.4) is 0 Å². The molecule has 0 spiro atoms. The van der Waals surface area contributed by atoms with Crippen LogP contribution in [-0.2, 0) is 13.8 Å². The molecule has 0 aromatic heterocycles. The van der Waals surface area contributed by atoms with Crippen LogP contribution in [0.1, 0.15) is 31.1 Å². The number of benzene rings is 1. The van der Waals surface area contributed by atoms with Crippen LogP contribution in [-0.4, -0.2) is 31.3 Å². The maximum atomic E-state index is 12.4. The normalized spacial score (nSPS) is 14.6. The van der Waals surface area contributed by atoms with Crippen LogP contribution in [0.15, 0.2) is 30.3 Å². The van der Waals surface area contributed by atoms with E-state index in [1.807, 2.05) is 26.8 Å². The summed E-state index contributed by atoms with van der Waals surface area (Å²) in [5.41, 5.74) is 0.115. The molecule has 1 amide bonds. The van der Waals surface area contributed by atoms with Crippen molar-refractivity contribution in [2.45, 2.75) is 26.4 Å². The Bertz CT molecular complexity index is 482. The van der Waals surface area contributed by atoms with Crippen molar-refractivity contribution in [3.8, 4) is 0 Å². The van der Waals surface area contributed by atoms with E-state index in [1.165, 1.54) is 7.11 Å². The van der Waals surface area contributed by atoms with Gasteiger partial charge in [-0.25, -0.2) is 0 Å². The molecule has 0 fully saturated rings. The molecule has 0 heterocycles. The molecule has 0 aliphatic carbocycles. The molecule has 0 bridgehead atoms. The van der Waals surface area contributed by atoms with E-state index in [4.69, 9.17) is 9.26 Å². The third kappa shape index (κ3) is 5.87. The lowest BCUT2D eigenvalue weighted by Gasteiger charge is -2.24. The third-order valence-corrected chi connectivity index (χ3v) is 4.37. The van der Waals surface area contributed by atoms with Crippen LogP contribution < -0.4 is 5.32 Å². The summed E-state index contributed by atoms with van der Waals surface area (Å²) >= 11 is 0. The zero-order valence-corrected chi connectivity index (χ0v) is 13.3. The monoisotopic (exact) mass is 299 g/mol. The molecule has 20 heavy (non-hydrogen) atoms. The van der Waals surface area contributed by atoms with Crippen LogP contribution in [0.25, 0.3) is 0 Å². The van der Waals surface area contributed by atoms with Crippen LogP contribution in [0.4, 0.5) is 0 Å². The Morgan fingerprint density at radius 2 is 1.85 bits per heavy atom. The number of carbonyl (C=O) groups is 1. The van der Waals surface area contributed by atoms with Crippen molar-refractivity contribution in [1.82, 2.24) is 5.32 Å². The standard InChI is InChI=1S/C14H22NO4P/c1-14(2,3)19-11-20(17,18-4)10-15-13(16)12-8-6-5-7-9-12/h5-9H,10-11H2,1-4H3,(H,15,16). The van der Waals surface area contributed by atoms with E-state index >= 15 is 0 Å². The highest BCUT2D eigenvalue weighted by atomic mass is 31.2. The molecule has 0 aliphatic heterocycles. The molecule has 0 saturated carbocycles. The van der Waals surface area contributed by atoms with Crippen LogP contribution in [0.2, 0.25) is 0 Å². The van der Waals surface area contributed by atoms with E-state index in [9.17, 15) is 9.36 Å². The Morgan fingerprint density at radius 1 is 1.25 bits per heavy atom. The number of ether oxygens (including phenoxy) is 1. The number of rotatable bonds is 6. The number of carbonyl (C=O) groups excluding carboxylic acids is 1. The molecule has 1 aromatic rings. The van der Waals surface area contributed by atoms with Gasteiger partial charge in [0.15, 0.2) is 0 Å². The molecule has 1 rings (SSSR count). The van der Waals surface area contributed by atoms with Gasteiger partial charge in [0, 0.05) is 12.7 Å². The van der Waals surface area contributed by atoms with Crippen molar-refractivity contribution in [3.63, 3.8) is 0 Å². The van der Waals surface area contributed by atoms with Crippen LogP contribution in [0, 0.1) is 0 Å². The Kier molecular flexibility index (Phi) is 5.93. The molecule has 1 atom stereocenters. The van der Waals surface area contributed by atoms with E-state index in [2.05, 4.69) is 5.32 Å². The minimum absolute atomic E-state index is 0.0257. The molecule has 1 unspecified atom stereocenters. The predicted molar refractivity (Wildman–Crippen MR) is 79.1 cm³/mol. The third-order valence-electron chi connectivity index (χ3n) is 2.54. The fraction of sp³-hybridized carbons (Fsp3) is 0.500. The van der Waals surface area contributed by atoms with Crippen molar-refractivity contribution in [3.05, 3.63) is 35.9 Å². The molecule has 0 aliphatic rings. The average Bonchev–Trinajstić information content (AvgIpc) is 2.43. The maximum absolute atomic E-state index is 12.4. The van der Waals surface area contributed by atoms with Gasteiger partial charge in [0.1, 0.15) is 6.35 Å². The Morgan fingerprint density at radius 3 is 2.35 bits per heavy atom. The number of hydrogen-bond acceptors (Lipinski definition) is 4. The molecule has 0 radical (unpaired) electrons. The van der Waals surface area contributed by atoms with E-state index in [0.717, 1.165) is 0 Å². The van der Waals surface area contributed by atoms with Gasteiger partial charge in [-0.3, -0.25) is 9.36 Å². The second-order valence-corrected chi connectivity index (χ2v) is 7.98. The van der Waals surface area contributed by atoms with E-state index in [-0.39, 0.29) is 18.5 Å². The summed E-state index contributed by atoms with van der Waals surface area (Å²) in [5.74, 6) is -0.279. The predicted octanol–water partition coefficient (Wildman–Crippen LogP) is 3.07. The zero-order chi connectivity index (χ0) is 15.2. The lowest BCUT2D eigenvalue weighted by atomic mass is 10.2. The highest BCUT2D eigenvalue weighted by molar-refractivity contribution is 7.58. The summed E-state index contributed by atoms with van der Waals surface area (Å²) in [7, 11) is -1.66. The van der Waals surface area contributed by atoms with Crippen molar-refractivity contribution in [2.75, 3.05) is 19.7 Å². The number of amides is 1. The van der Waals surface area contributed by atoms with Gasteiger partial charge in [0.05, 0.1) is 11.9 Å². The summed E-state index contributed by atoms with van der Waals surface area (Å²) in [6, 6.07) is 8.76. The van der Waals surface area contributed by atoms with Crippen molar-refractivity contribution in [1.29, 1.82) is 0 Å². The molecule has 1 N–H and O–H groups in total. The van der Waals surface area contributed by atoms with Crippen LogP contribution >= 0.6 is 7.37 Å². The molecule has 0 saturated heterocycles. The second kappa shape index (κ2) is 7.02. The average molecular weight is 299 g/mol. The molecule has 6 heteroatoms. The van der Waals surface area contributed by atoms with Gasteiger partial charge >= 0.3 is 0 Å². The van der Waals surface area contributed by atoms with Gasteiger partial charge in [-0.2, -0.15) is 0 Å². The van der Waals surface area contributed by atoms with Crippen molar-refractivity contribution < 1.29 is 18.6 Å². The SMILES string of the molecule is COP(=O)(CNC(=O)c1ccccc1)COC(C)(C)C. The van der Waals surface area contributed by atoms with Crippen LogP contribution in [0.5, 0.6) is 0 Å². The number of nitrogens with one attached hydrogen (secondary N) is 1. The topological polar surface area (TPSA) is 64.6 Å². The lowest BCUT2D eigenvalue weighted by molar-refractivity contribution is 0.0206. The lowest BCUT2D eigenvalue weighted by Crippen LogP contribution is -2.27. The fourth-order valence-corrected chi connectivity index (χ4v) is 2.63. The summed E-state index contributed by atoms with van der Waals surface area (Å²) in [4.78, 5) is 11.9. The molecule has 112 valence electrons. The van der Waals surface area contributed by atoms with Gasteiger partial charge in [-0.1, -0.05) is 18.2 Å². The number of hydrogen-bond donors (Lipinski definition) is 1. The summed E-state index contributed by atoms with van der Waals surface area (Å²) in [5, 5.41) is 2.62. The molecular formula is C14H22NO4P. The Labute approximate surface area is 120 Å². The first-order valence-electron chi connectivity index (χ1n) is 6.37. The molecular weight excluding hydrogens is 277 g/mol. The fourth-order valence-electron chi connectivity index (χ4n) is 1.34. The van der Waals surface area contributed by atoms with Gasteiger partial charge in [-0.15, -0.1) is 0 Å². The molecule has 1 aromatic carbocycles. The smallest absolute Gasteiger partial charge is 0.251 e. The maximum Gasteiger partial charge on any atom is 0.251 e. The van der Waals surface area contributed by atoms with E-state index in [1.54, 1.807) is 24.3 Å². The first-order valence-corrected chi connectivity index (χ1v) is 8.36. The van der Waals surface area contributed by atoms with Crippen molar-refractivity contribution in [2.24, 2.45) is 0 Å². The van der Waals surface area contributed by atoms with Gasteiger partial charge in [0.2, 0.25) is 7.37 Å². The van der Waals surface area contributed by atoms with Crippen molar-refractivity contribution >= 4 is 13.3 Å². The highest BCUT2D eigenvalue weighted by Crippen LogP contribution is 2.45. The highest BCUT2D eigenvalue weighted by Gasteiger charge is 2.26. The Balaban J connectivity index is 2.57. The largest absolute Gasteiger partial charge is 0.366 e. The summed E-state index contributed by atoms with van der Waals surface area (Å²) in [6.07, 6.45) is -0.0740. The second-order valence-electron chi connectivity index (χ2n) is 5.41.